The van der Waals surface area contributed by atoms with Crippen LogP contribution in [0, 0.1) is 10.1 Å². The third-order valence-electron chi connectivity index (χ3n) is 4.37. The van der Waals surface area contributed by atoms with Crippen LogP contribution in [0.4, 0.5) is 30.2 Å². The summed E-state index contributed by atoms with van der Waals surface area (Å²) in [5, 5.41) is 15.6. The van der Waals surface area contributed by atoms with E-state index in [1.54, 1.807) is 6.07 Å². The highest BCUT2D eigenvalue weighted by atomic mass is 19.4. The molecule has 2 N–H and O–H groups in total. The number of nitro groups is 1. The Morgan fingerprint density at radius 1 is 0.879 bits per heavy atom. The van der Waals surface area contributed by atoms with Gasteiger partial charge in [-0.05, 0) is 60.2 Å². The first-order valence-electron chi connectivity index (χ1n) is 9.44. The SMILES string of the molecule is O=C(/C=C/c1ccc([N+](=O)[O-])cc1)Nc1cccc(C(=O)Nc2cccc(C(F)(F)F)c2)c1. The van der Waals surface area contributed by atoms with Gasteiger partial charge in [-0.1, -0.05) is 12.1 Å². The van der Waals surface area contributed by atoms with Crippen molar-refractivity contribution in [2.45, 2.75) is 6.18 Å². The van der Waals surface area contributed by atoms with Crippen molar-refractivity contribution < 1.29 is 27.7 Å². The standard InChI is InChI=1S/C23H16F3N3O4/c24-23(25,26)17-4-2-6-19(14-17)28-22(31)16-3-1-5-18(13-16)27-21(30)12-9-15-7-10-20(11-8-15)29(32)33/h1-14H,(H,27,30)(H,28,31)/b12-9+. The normalized spacial score (nSPS) is 11.2. The summed E-state index contributed by atoms with van der Waals surface area (Å²) in [6.45, 7) is 0. The molecule has 0 bridgehead atoms. The van der Waals surface area contributed by atoms with Crippen molar-refractivity contribution in [2.24, 2.45) is 0 Å². The van der Waals surface area contributed by atoms with Gasteiger partial charge in [0.15, 0.2) is 0 Å². The van der Waals surface area contributed by atoms with Gasteiger partial charge in [0.2, 0.25) is 5.91 Å². The Labute approximate surface area is 185 Å². The van der Waals surface area contributed by atoms with E-state index in [2.05, 4.69) is 10.6 Å². The lowest BCUT2D eigenvalue weighted by Crippen LogP contribution is -2.14. The van der Waals surface area contributed by atoms with Crippen LogP contribution < -0.4 is 10.6 Å². The largest absolute Gasteiger partial charge is 0.416 e. The van der Waals surface area contributed by atoms with Crippen molar-refractivity contribution in [2.75, 3.05) is 10.6 Å². The third kappa shape index (κ3) is 6.50. The molecule has 0 radical (unpaired) electrons. The van der Waals surface area contributed by atoms with Gasteiger partial charge in [0.1, 0.15) is 0 Å². The summed E-state index contributed by atoms with van der Waals surface area (Å²) in [7, 11) is 0. The van der Waals surface area contributed by atoms with Crippen molar-refractivity contribution in [1.82, 2.24) is 0 Å². The monoisotopic (exact) mass is 455 g/mol. The zero-order chi connectivity index (χ0) is 24.0. The predicted molar refractivity (Wildman–Crippen MR) is 117 cm³/mol. The van der Waals surface area contributed by atoms with Crippen LogP contribution in [0.1, 0.15) is 21.5 Å². The Bertz CT molecular complexity index is 1220. The molecule has 0 saturated heterocycles. The van der Waals surface area contributed by atoms with Crippen LogP contribution in [0.3, 0.4) is 0 Å². The number of carbonyl (C=O) groups excluding carboxylic acids is 2. The van der Waals surface area contributed by atoms with E-state index in [1.807, 2.05) is 0 Å². The Hall–Kier alpha value is -4.47. The summed E-state index contributed by atoms with van der Waals surface area (Å²) in [5.41, 5.74) is 0.0211. The minimum absolute atomic E-state index is 0.0182. The molecule has 3 aromatic rings. The first-order chi connectivity index (χ1) is 15.6. The van der Waals surface area contributed by atoms with Crippen LogP contribution in [0.5, 0.6) is 0 Å². The van der Waals surface area contributed by atoms with Crippen molar-refractivity contribution >= 4 is 35.0 Å². The quantitative estimate of drug-likeness (QED) is 0.290. The smallest absolute Gasteiger partial charge is 0.322 e. The summed E-state index contributed by atoms with van der Waals surface area (Å²) in [4.78, 5) is 34.7. The molecule has 168 valence electrons. The predicted octanol–water partition coefficient (Wildman–Crippen LogP) is 5.52. The van der Waals surface area contributed by atoms with Crippen molar-refractivity contribution in [3.8, 4) is 0 Å². The highest BCUT2D eigenvalue weighted by Crippen LogP contribution is 2.30. The van der Waals surface area contributed by atoms with Gasteiger partial charge in [-0.2, -0.15) is 13.2 Å². The van der Waals surface area contributed by atoms with Gasteiger partial charge in [0, 0.05) is 35.1 Å². The number of halogens is 3. The van der Waals surface area contributed by atoms with Gasteiger partial charge in [-0.25, -0.2) is 0 Å². The maximum absolute atomic E-state index is 12.8. The van der Waals surface area contributed by atoms with Gasteiger partial charge >= 0.3 is 6.18 Å². The van der Waals surface area contributed by atoms with Crippen LogP contribution in [-0.4, -0.2) is 16.7 Å². The molecule has 0 aliphatic heterocycles. The molecule has 7 nitrogen and oxygen atoms in total. The van der Waals surface area contributed by atoms with E-state index < -0.39 is 28.5 Å². The number of anilines is 2. The molecule has 0 unspecified atom stereocenters. The second kappa shape index (κ2) is 9.77. The van der Waals surface area contributed by atoms with Gasteiger partial charge < -0.3 is 10.6 Å². The summed E-state index contributed by atoms with van der Waals surface area (Å²) < 4.78 is 38.5. The Balaban J connectivity index is 1.65. The number of amides is 2. The second-order valence-corrected chi connectivity index (χ2v) is 6.78. The van der Waals surface area contributed by atoms with E-state index in [0.29, 0.717) is 11.3 Å². The Morgan fingerprint density at radius 2 is 1.52 bits per heavy atom. The zero-order valence-corrected chi connectivity index (χ0v) is 16.8. The van der Waals surface area contributed by atoms with Gasteiger partial charge in [-0.15, -0.1) is 0 Å². The molecule has 0 aliphatic carbocycles. The lowest BCUT2D eigenvalue weighted by molar-refractivity contribution is -0.384. The molecule has 10 heteroatoms. The maximum Gasteiger partial charge on any atom is 0.416 e. The molecule has 0 heterocycles. The van der Waals surface area contributed by atoms with E-state index in [4.69, 9.17) is 0 Å². The average Bonchev–Trinajstić information content (AvgIpc) is 2.78. The molecule has 0 atom stereocenters. The van der Waals surface area contributed by atoms with Crippen molar-refractivity contribution in [3.05, 3.63) is 106 Å². The molecule has 3 aromatic carbocycles. The first-order valence-corrected chi connectivity index (χ1v) is 9.44. The number of rotatable bonds is 6. The molecular formula is C23H16F3N3O4. The van der Waals surface area contributed by atoms with E-state index in [0.717, 1.165) is 12.1 Å². The first kappa shape index (κ1) is 23.2. The molecule has 2 amide bonds. The zero-order valence-electron chi connectivity index (χ0n) is 16.8. The fourth-order valence-electron chi connectivity index (χ4n) is 2.78. The number of non-ortho nitro benzene ring substituents is 1. The Kier molecular flexibility index (Phi) is 6.87. The molecule has 3 rings (SSSR count). The van der Waals surface area contributed by atoms with Gasteiger partial charge in [0.05, 0.1) is 10.5 Å². The number of hydrogen-bond donors (Lipinski definition) is 2. The summed E-state index contributed by atoms with van der Waals surface area (Å²) >= 11 is 0. The van der Waals surface area contributed by atoms with Gasteiger partial charge in [0.25, 0.3) is 11.6 Å². The average molecular weight is 455 g/mol. The number of nitrogens with zero attached hydrogens (tertiary/aromatic N) is 1. The molecule has 0 aliphatic rings. The van der Waals surface area contributed by atoms with Crippen LogP contribution in [-0.2, 0) is 11.0 Å². The minimum atomic E-state index is -4.53. The van der Waals surface area contributed by atoms with Crippen molar-refractivity contribution in [1.29, 1.82) is 0 Å². The molecular weight excluding hydrogens is 439 g/mol. The highest BCUT2D eigenvalue weighted by molar-refractivity contribution is 6.06. The second-order valence-electron chi connectivity index (χ2n) is 6.78. The lowest BCUT2D eigenvalue weighted by Gasteiger charge is -2.10. The summed E-state index contributed by atoms with van der Waals surface area (Å²) in [6.07, 6.45) is -1.85. The number of nitro benzene ring substituents is 1. The molecule has 33 heavy (non-hydrogen) atoms. The number of nitrogens with one attached hydrogen (secondary N) is 2. The summed E-state index contributed by atoms with van der Waals surface area (Å²) in [6, 6.07) is 15.7. The molecule has 0 fully saturated rings. The van der Waals surface area contributed by atoms with Gasteiger partial charge in [-0.3, -0.25) is 19.7 Å². The number of hydrogen-bond acceptors (Lipinski definition) is 4. The minimum Gasteiger partial charge on any atom is -0.322 e. The maximum atomic E-state index is 12.8. The van der Waals surface area contributed by atoms with Crippen LogP contribution in [0.25, 0.3) is 6.08 Å². The van der Waals surface area contributed by atoms with Crippen LogP contribution >= 0.6 is 0 Å². The fourth-order valence-corrected chi connectivity index (χ4v) is 2.78. The highest BCUT2D eigenvalue weighted by Gasteiger charge is 2.30. The molecule has 0 spiro atoms. The number of benzene rings is 3. The number of alkyl halides is 3. The van der Waals surface area contributed by atoms with Crippen LogP contribution in [0.2, 0.25) is 0 Å². The Morgan fingerprint density at radius 3 is 2.15 bits per heavy atom. The molecule has 0 aromatic heterocycles. The molecule has 0 saturated carbocycles. The lowest BCUT2D eigenvalue weighted by atomic mass is 10.1. The topological polar surface area (TPSA) is 101 Å². The van der Waals surface area contributed by atoms with E-state index >= 15 is 0 Å². The van der Waals surface area contributed by atoms with E-state index in [-0.39, 0.29) is 16.9 Å². The van der Waals surface area contributed by atoms with Crippen molar-refractivity contribution in [3.63, 3.8) is 0 Å². The fraction of sp³-hybridized carbons (Fsp3) is 0.0435. The summed E-state index contributed by atoms with van der Waals surface area (Å²) in [5.74, 6) is -1.16. The van der Waals surface area contributed by atoms with Crippen LogP contribution in [0.15, 0.2) is 78.9 Å². The third-order valence-corrected chi connectivity index (χ3v) is 4.37. The number of carbonyl (C=O) groups is 2. The van der Waals surface area contributed by atoms with E-state index in [9.17, 15) is 32.9 Å². The van der Waals surface area contributed by atoms with E-state index in [1.165, 1.54) is 66.7 Å².